The lowest BCUT2D eigenvalue weighted by Gasteiger charge is -2.20. The predicted molar refractivity (Wildman–Crippen MR) is 255 cm³/mol. The zero-order valence-corrected chi connectivity index (χ0v) is 40.5. The molecule has 1 fully saturated rings. The van der Waals surface area contributed by atoms with E-state index < -0.39 is 28.6 Å². The molecule has 1 saturated heterocycles. The number of nitrogens with two attached hydrogens (primary N) is 3. The molecule has 0 aromatic heterocycles. The third kappa shape index (κ3) is 31.0. The minimum atomic E-state index is -1.06. The van der Waals surface area contributed by atoms with Crippen molar-refractivity contribution in [2.75, 3.05) is 31.2 Å². The number of Topliss-reactive ketones (excluding diaryl/α,β-unsaturated/α-hetero) is 1. The summed E-state index contributed by atoms with van der Waals surface area (Å²) >= 11 is 2.31. The number of imide groups is 1. The minimum absolute atomic E-state index is 0.00971. The first kappa shape index (κ1) is 57.3. The third-order valence-corrected chi connectivity index (χ3v) is 14.0. The molecule has 61 heavy (non-hydrogen) atoms. The van der Waals surface area contributed by atoms with Crippen molar-refractivity contribution in [2.45, 2.75) is 242 Å². The van der Waals surface area contributed by atoms with Gasteiger partial charge in [-0.2, -0.15) is 11.8 Å². The Bertz CT molecular complexity index is 1150. The number of esters is 2. The molecule has 4 atom stereocenters. The summed E-state index contributed by atoms with van der Waals surface area (Å²) in [6, 6.07) is -0.924. The van der Waals surface area contributed by atoms with Gasteiger partial charge >= 0.3 is 11.9 Å². The Morgan fingerprint density at radius 2 is 1.07 bits per heavy atom. The highest BCUT2D eigenvalue weighted by molar-refractivity contribution is 8.02. The number of unbranched alkanes of at least 4 members (excludes halogenated alkanes) is 26. The standard InChI is InChI=1S/C48H90N4O7S2/c1-3-5-7-9-11-13-15-17-19-21-23-25-28-32-44(54)58-37-40(59-45(55)33-29-26-24-22-20-18-16-14-12-10-8-6-4-2)38-60-39-41(50)46(56)47(51)61-42-36-43(53)52(48(42)57)35-31-27-30-34-49/h40-42,47H,3-39,49-51H2,1-2H3/t40-,41+,42?,47?/m1/s1. The molecule has 0 aromatic rings. The molecule has 1 heterocycles. The van der Waals surface area contributed by atoms with E-state index in [4.69, 9.17) is 26.7 Å². The summed E-state index contributed by atoms with van der Waals surface area (Å²) in [5.41, 5.74) is 18.0. The van der Waals surface area contributed by atoms with Crippen molar-refractivity contribution in [1.29, 1.82) is 0 Å². The van der Waals surface area contributed by atoms with E-state index in [0.29, 0.717) is 38.1 Å². The Morgan fingerprint density at radius 3 is 1.54 bits per heavy atom. The maximum Gasteiger partial charge on any atom is 0.306 e. The van der Waals surface area contributed by atoms with Crippen LogP contribution in [-0.2, 0) is 33.4 Å². The number of rotatable bonds is 44. The number of amides is 2. The second-order valence-electron chi connectivity index (χ2n) is 17.3. The molecular formula is C48H90N4O7S2. The lowest BCUT2D eigenvalue weighted by atomic mass is 10.0. The number of hydrogen-bond donors (Lipinski definition) is 3. The van der Waals surface area contributed by atoms with Gasteiger partial charge in [0.05, 0.1) is 11.3 Å². The molecule has 1 rings (SSSR count). The van der Waals surface area contributed by atoms with Crippen LogP contribution >= 0.6 is 23.5 Å². The van der Waals surface area contributed by atoms with E-state index in [9.17, 15) is 24.0 Å². The highest BCUT2D eigenvalue weighted by Gasteiger charge is 2.40. The van der Waals surface area contributed by atoms with E-state index in [1.54, 1.807) is 0 Å². The van der Waals surface area contributed by atoms with Gasteiger partial charge in [-0.15, -0.1) is 11.8 Å². The van der Waals surface area contributed by atoms with Crippen LogP contribution in [0.2, 0.25) is 0 Å². The third-order valence-electron chi connectivity index (χ3n) is 11.5. The molecule has 11 nitrogen and oxygen atoms in total. The summed E-state index contributed by atoms with van der Waals surface area (Å²) in [4.78, 5) is 65.3. The van der Waals surface area contributed by atoms with Crippen LogP contribution in [0.5, 0.6) is 0 Å². The Hall–Kier alpha value is -1.67. The van der Waals surface area contributed by atoms with Gasteiger partial charge in [0.2, 0.25) is 11.8 Å². The van der Waals surface area contributed by atoms with E-state index in [2.05, 4.69) is 13.8 Å². The van der Waals surface area contributed by atoms with Crippen molar-refractivity contribution in [3.63, 3.8) is 0 Å². The van der Waals surface area contributed by atoms with Crippen molar-refractivity contribution >= 4 is 53.1 Å². The highest BCUT2D eigenvalue weighted by atomic mass is 32.2. The van der Waals surface area contributed by atoms with Gasteiger partial charge in [0, 0.05) is 37.3 Å². The number of carbonyl (C=O) groups is 5. The molecule has 1 aliphatic heterocycles. The zero-order chi connectivity index (χ0) is 44.8. The number of nitrogens with zero attached hydrogens (tertiary/aromatic N) is 1. The molecule has 2 amide bonds. The minimum Gasteiger partial charge on any atom is -0.462 e. The van der Waals surface area contributed by atoms with Gasteiger partial charge < -0.3 is 26.7 Å². The number of likely N-dealkylation sites (tertiary alicyclic amines) is 1. The van der Waals surface area contributed by atoms with Crippen molar-refractivity contribution < 1.29 is 33.4 Å². The van der Waals surface area contributed by atoms with Gasteiger partial charge in [0.1, 0.15) is 18.1 Å². The maximum absolute atomic E-state index is 13.1. The molecule has 0 bridgehead atoms. The molecule has 0 saturated carbocycles. The van der Waals surface area contributed by atoms with Gasteiger partial charge in [-0.25, -0.2) is 0 Å². The quantitative estimate of drug-likeness (QED) is 0.0228. The number of carbonyl (C=O) groups excluding carboxylic acids is 5. The van der Waals surface area contributed by atoms with Crippen LogP contribution in [0.4, 0.5) is 0 Å². The van der Waals surface area contributed by atoms with Gasteiger partial charge in [0.15, 0.2) is 5.78 Å². The van der Waals surface area contributed by atoms with Crippen LogP contribution in [0.25, 0.3) is 0 Å². The lowest BCUT2D eigenvalue weighted by Crippen LogP contribution is -2.44. The summed E-state index contributed by atoms with van der Waals surface area (Å²) in [7, 11) is 0. The molecule has 13 heteroatoms. The van der Waals surface area contributed by atoms with Crippen LogP contribution < -0.4 is 17.2 Å². The van der Waals surface area contributed by atoms with E-state index in [1.807, 2.05) is 0 Å². The Labute approximate surface area is 380 Å². The Balaban J connectivity index is 2.48. The van der Waals surface area contributed by atoms with Crippen LogP contribution in [0.3, 0.4) is 0 Å². The first-order valence-electron chi connectivity index (χ1n) is 24.8. The molecule has 0 aliphatic carbocycles. The molecule has 356 valence electrons. The average Bonchev–Trinajstić information content (AvgIpc) is 3.51. The van der Waals surface area contributed by atoms with E-state index >= 15 is 0 Å². The monoisotopic (exact) mass is 899 g/mol. The number of thioether (sulfide) groups is 2. The number of hydrogen-bond acceptors (Lipinski definition) is 12. The van der Waals surface area contributed by atoms with E-state index in [1.165, 1.54) is 145 Å². The average molecular weight is 899 g/mol. The van der Waals surface area contributed by atoms with E-state index in [-0.39, 0.29) is 42.5 Å². The van der Waals surface area contributed by atoms with Gasteiger partial charge in [-0.3, -0.25) is 28.9 Å². The largest absolute Gasteiger partial charge is 0.462 e. The SMILES string of the molecule is CCCCCCCCCCCCCCCC(=O)OC[C@H](CSC[C@H](N)C(=O)C(N)SC1CC(=O)N(CCCCCN)C1=O)OC(=O)CCCCCCCCCCCCCCC. The highest BCUT2D eigenvalue weighted by Crippen LogP contribution is 2.28. The predicted octanol–water partition coefficient (Wildman–Crippen LogP) is 10.3. The summed E-state index contributed by atoms with van der Waals surface area (Å²) in [5, 5.41) is -1.77. The maximum atomic E-state index is 13.1. The van der Waals surface area contributed by atoms with Gasteiger partial charge in [-0.05, 0) is 32.2 Å². The lowest BCUT2D eigenvalue weighted by molar-refractivity contribution is -0.157. The first-order valence-corrected chi connectivity index (χ1v) is 26.9. The van der Waals surface area contributed by atoms with Crippen molar-refractivity contribution in [1.82, 2.24) is 4.90 Å². The molecule has 6 N–H and O–H groups in total. The van der Waals surface area contributed by atoms with Crippen molar-refractivity contribution in [2.24, 2.45) is 17.2 Å². The second-order valence-corrected chi connectivity index (χ2v) is 19.7. The normalized spacial score (nSPS) is 15.6. The zero-order valence-electron chi connectivity index (χ0n) is 38.8. The number of ketones is 1. The van der Waals surface area contributed by atoms with Gasteiger partial charge in [0.25, 0.3) is 0 Å². The Kier molecular flexibility index (Phi) is 37.5. The van der Waals surface area contributed by atoms with Crippen LogP contribution in [-0.4, -0.2) is 88.4 Å². The molecule has 0 spiro atoms. The van der Waals surface area contributed by atoms with E-state index in [0.717, 1.165) is 63.1 Å². The first-order chi connectivity index (χ1) is 29.6. The van der Waals surface area contributed by atoms with Crippen molar-refractivity contribution in [3.05, 3.63) is 0 Å². The molecule has 0 aromatic carbocycles. The Morgan fingerprint density at radius 1 is 0.623 bits per heavy atom. The number of ether oxygens (including phenoxy) is 2. The fourth-order valence-corrected chi connectivity index (χ4v) is 9.77. The fraction of sp³-hybridized carbons (Fsp3) is 0.896. The van der Waals surface area contributed by atoms with Crippen LogP contribution in [0.1, 0.15) is 219 Å². The molecular weight excluding hydrogens is 809 g/mol. The second kappa shape index (κ2) is 39.9. The smallest absolute Gasteiger partial charge is 0.306 e. The molecule has 2 unspecified atom stereocenters. The summed E-state index contributed by atoms with van der Waals surface area (Å²) in [5.74, 6) is -1.10. The topological polar surface area (TPSA) is 185 Å². The molecule has 1 aliphatic rings. The molecule has 0 radical (unpaired) electrons. The van der Waals surface area contributed by atoms with Crippen LogP contribution in [0, 0.1) is 0 Å². The van der Waals surface area contributed by atoms with Crippen LogP contribution in [0.15, 0.2) is 0 Å². The van der Waals surface area contributed by atoms with Gasteiger partial charge in [-0.1, -0.05) is 174 Å². The summed E-state index contributed by atoms with van der Waals surface area (Å²) in [6.45, 7) is 5.36. The summed E-state index contributed by atoms with van der Waals surface area (Å²) < 4.78 is 11.4. The summed E-state index contributed by atoms with van der Waals surface area (Å²) in [6.07, 6.45) is 34.2. The fourth-order valence-electron chi connectivity index (χ4n) is 7.64. The van der Waals surface area contributed by atoms with Crippen molar-refractivity contribution in [3.8, 4) is 0 Å².